The first kappa shape index (κ1) is 20.9. The van der Waals surface area contributed by atoms with E-state index in [-0.39, 0.29) is 42.7 Å². The van der Waals surface area contributed by atoms with Crippen molar-refractivity contribution < 1.29 is 9.90 Å². The van der Waals surface area contributed by atoms with E-state index >= 15 is 0 Å². The van der Waals surface area contributed by atoms with E-state index in [1.54, 1.807) is 12.4 Å². The van der Waals surface area contributed by atoms with Crippen molar-refractivity contribution in [2.45, 2.75) is 31.4 Å². The van der Waals surface area contributed by atoms with Crippen LogP contribution in [0, 0.1) is 5.92 Å². The van der Waals surface area contributed by atoms with E-state index in [0.717, 1.165) is 18.7 Å². The Labute approximate surface area is 143 Å². The van der Waals surface area contributed by atoms with E-state index in [2.05, 4.69) is 15.6 Å². The number of nitrogens with two attached hydrogens (primary N) is 1. The lowest BCUT2D eigenvalue weighted by Crippen LogP contribution is -2.31. The molecule has 0 spiro atoms. The summed E-state index contributed by atoms with van der Waals surface area (Å²) in [6.45, 7) is 1.40. The summed E-state index contributed by atoms with van der Waals surface area (Å²) in [5.41, 5.74) is 6.68. The number of aromatic nitrogens is 1. The van der Waals surface area contributed by atoms with Crippen LogP contribution in [0.25, 0.3) is 0 Å². The van der Waals surface area contributed by atoms with E-state index < -0.39 is 6.10 Å². The molecule has 8 heteroatoms. The predicted molar refractivity (Wildman–Crippen MR) is 91.6 cm³/mol. The van der Waals surface area contributed by atoms with Gasteiger partial charge in [0.25, 0.3) is 0 Å². The van der Waals surface area contributed by atoms with E-state index in [1.165, 1.54) is 0 Å². The molecule has 0 bridgehead atoms. The Morgan fingerprint density at radius 2 is 2.14 bits per heavy atom. The number of hydrogen-bond acceptors (Lipinski definition) is 5. The number of pyridine rings is 1. The second-order valence-electron chi connectivity index (χ2n) is 5.21. The van der Waals surface area contributed by atoms with Crippen LogP contribution >= 0.6 is 24.8 Å². The average Bonchev–Trinajstić information content (AvgIpc) is 2.79. The van der Waals surface area contributed by atoms with Gasteiger partial charge in [0.1, 0.15) is 0 Å². The van der Waals surface area contributed by atoms with Gasteiger partial charge < -0.3 is 21.5 Å². The highest BCUT2D eigenvalue weighted by Crippen LogP contribution is 2.24. The molecule has 5 N–H and O–H groups in total. The van der Waals surface area contributed by atoms with Crippen molar-refractivity contribution in [2.24, 2.45) is 11.7 Å². The van der Waals surface area contributed by atoms with Crippen molar-refractivity contribution in [1.82, 2.24) is 10.3 Å². The molecule has 1 aromatic rings. The fourth-order valence-corrected chi connectivity index (χ4v) is 2.41. The Morgan fingerprint density at radius 3 is 2.73 bits per heavy atom. The summed E-state index contributed by atoms with van der Waals surface area (Å²) in [6, 6.07) is 3.56. The molecular weight excluding hydrogens is 327 g/mol. The number of hydrogen-bond donors (Lipinski definition) is 4. The van der Waals surface area contributed by atoms with Crippen LogP contribution in [0.3, 0.4) is 0 Å². The topological polar surface area (TPSA) is 100 Å². The van der Waals surface area contributed by atoms with Gasteiger partial charge in [-0.15, -0.1) is 24.8 Å². The maximum atomic E-state index is 11.9. The average molecular weight is 351 g/mol. The minimum absolute atomic E-state index is 0. The molecule has 3 atom stereocenters. The molecule has 0 saturated heterocycles. The van der Waals surface area contributed by atoms with Gasteiger partial charge in [-0.25, -0.2) is 0 Å². The number of amides is 1. The number of aliphatic hydroxyl groups is 1. The van der Waals surface area contributed by atoms with Crippen LogP contribution < -0.4 is 16.4 Å². The first-order valence-electron chi connectivity index (χ1n) is 7.02. The van der Waals surface area contributed by atoms with Crippen LogP contribution in [-0.4, -0.2) is 41.2 Å². The molecule has 1 heterocycles. The zero-order valence-corrected chi connectivity index (χ0v) is 13.9. The Hall–Kier alpha value is -1.08. The van der Waals surface area contributed by atoms with Crippen molar-refractivity contribution >= 4 is 36.4 Å². The molecule has 1 aromatic heterocycles. The lowest BCUT2D eigenvalue weighted by atomic mass is 10.1. The number of carbonyl (C=O) groups excluding carboxylic acids is 1. The molecule has 0 radical (unpaired) electrons. The zero-order valence-electron chi connectivity index (χ0n) is 12.3. The monoisotopic (exact) mass is 350 g/mol. The molecule has 0 unspecified atom stereocenters. The summed E-state index contributed by atoms with van der Waals surface area (Å²) in [5, 5.41) is 15.7. The Morgan fingerprint density at radius 1 is 1.36 bits per heavy atom. The van der Waals surface area contributed by atoms with Gasteiger partial charge in [0.2, 0.25) is 5.91 Å². The Kier molecular flexibility index (Phi) is 10.1. The lowest BCUT2D eigenvalue weighted by molar-refractivity contribution is -0.125. The Balaban J connectivity index is 0.00000220. The van der Waals surface area contributed by atoms with Gasteiger partial charge >= 0.3 is 0 Å². The van der Waals surface area contributed by atoms with Gasteiger partial charge in [0.15, 0.2) is 0 Å². The molecule has 1 aliphatic rings. The maximum absolute atomic E-state index is 11.9. The van der Waals surface area contributed by atoms with Gasteiger partial charge in [-0.3, -0.25) is 9.78 Å². The summed E-state index contributed by atoms with van der Waals surface area (Å²) in [5.74, 6) is -0.148. The van der Waals surface area contributed by atoms with Gasteiger partial charge in [0, 0.05) is 37.4 Å². The number of halogens is 2. The summed E-state index contributed by atoms with van der Waals surface area (Å²) < 4.78 is 0. The lowest BCUT2D eigenvalue weighted by Gasteiger charge is -2.11. The van der Waals surface area contributed by atoms with Crippen molar-refractivity contribution in [3.05, 3.63) is 24.5 Å². The summed E-state index contributed by atoms with van der Waals surface area (Å²) >= 11 is 0. The molecule has 1 aliphatic carbocycles. The van der Waals surface area contributed by atoms with Crippen molar-refractivity contribution in [3.63, 3.8) is 0 Å². The normalized spacial score (nSPS) is 23.1. The van der Waals surface area contributed by atoms with Crippen LogP contribution in [0.5, 0.6) is 0 Å². The number of aliphatic hydroxyl groups excluding tert-OH is 1. The minimum Gasteiger partial charge on any atom is -0.391 e. The first-order valence-corrected chi connectivity index (χ1v) is 7.02. The van der Waals surface area contributed by atoms with Gasteiger partial charge in [-0.2, -0.15) is 0 Å². The van der Waals surface area contributed by atoms with Gasteiger partial charge in [-0.1, -0.05) is 0 Å². The van der Waals surface area contributed by atoms with Crippen molar-refractivity contribution in [2.75, 3.05) is 18.4 Å². The largest absolute Gasteiger partial charge is 0.391 e. The molecule has 1 amide bonds. The molecule has 2 rings (SSSR count). The van der Waals surface area contributed by atoms with Crippen LogP contribution in [0.2, 0.25) is 0 Å². The second kappa shape index (κ2) is 10.6. The van der Waals surface area contributed by atoms with Crippen molar-refractivity contribution in [1.29, 1.82) is 0 Å². The van der Waals surface area contributed by atoms with Crippen LogP contribution in [-0.2, 0) is 4.79 Å². The summed E-state index contributed by atoms with van der Waals surface area (Å²) in [7, 11) is 0. The number of carbonyl (C=O) groups is 1. The molecule has 0 aliphatic heterocycles. The highest BCUT2D eigenvalue weighted by Gasteiger charge is 2.34. The smallest absolute Gasteiger partial charge is 0.223 e. The maximum Gasteiger partial charge on any atom is 0.223 e. The third kappa shape index (κ3) is 6.36. The molecule has 1 saturated carbocycles. The van der Waals surface area contributed by atoms with Crippen LogP contribution in [0.4, 0.5) is 5.69 Å². The standard InChI is InChI=1S/C14H22N4O2.2ClH/c15-12-7-10(8-13(12)19)14(20)18-6-2-5-17-11-3-1-4-16-9-11;;/h1,3-4,9-10,12-13,17,19H,2,5-8,15H2,(H,18,20);2*1H/t10-,12+,13+;;/m0../s1. The molecule has 126 valence electrons. The fraction of sp³-hybridized carbons (Fsp3) is 0.571. The molecule has 6 nitrogen and oxygen atoms in total. The quantitative estimate of drug-likeness (QED) is 0.572. The predicted octanol–water partition coefficient (Wildman–Crippen LogP) is 0.942. The first-order chi connectivity index (χ1) is 9.66. The SMILES string of the molecule is Cl.Cl.N[C@@H]1C[C@H](C(=O)NCCCNc2cccnc2)C[C@H]1O. The van der Waals surface area contributed by atoms with Crippen LogP contribution in [0.1, 0.15) is 19.3 Å². The third-order valence-corrected chi connectivity index (χ3v) is 3.59. The van der Waals surface area contributed by atoms with Gasteiger partial charge in [0.05, 0.1) is 11.8 Å². The highest BCUT2D eigenvalue weighted by molar-refractivity contribution is 5.85. The number of rotatable bonds is 6. The fourth-order valence-electron chi connectivity index (χ4n) is 2.41. The van der Waals surface area contributed by atoms with E-state index in [4.69, 9.17) is 5.73 Å². The number of nitrogens with zero attached hydrogens (tertiary/aromatic N) is 1. The molecule has 1 fully saturated rings. The minimum atomic E-state index is -0.544. The third-order valence-electron chi connectivity index (χ3n) is 3.59. The number of anilines is 1. The summed E-state index contributed by atoms with van der Waals surface area (Å²) in [4.78, 5) is 15.9. The van der Waals surface area contributed by atoms with Crippen molar-refractivity contribution in [3.8, 4) is 0 Å². The number of nitrogens with one attached hydrogen (secondary N) is 2. The van der Waals surface area contributed by atoms with Gasteiger partial charge in [-0.05, 0) is 31.4 Å². The second-order valence-corrected chi connectivity index (χ2v) is 5.21. The molecule has 0 aromatic carbocycles. The van der Waals surface area contributed by atoms with E-state index in [1.807, 2.05) is 12.1 Å². The summed E-state index contributed by atoms with van der Waals surface area (Å²) in [6.07, 6.45) is 4.83. The zero-order chi connectivity index (χ0) is 14.4. The Bertz CT molecular complexity index is 426. The molecule has 22 heavy (non-hydrogen) atoms. The van der Waals surface area contributed by atoms with E-state index in [0.29, 0.717) is 19.4 Å². The highest BCUT2D eigenvalue weighted by atomic mass is 35.5. The molecular formula is C14H24Cl2N4O2. The van der Waals surface area contributed by atoms with Crippen LogP contribution in [0.15, 0.2) is 24.5 Å². The van der Waals surface area contributed by atoms with E-state index in [9.17, 15) is 9.90 Å².